The second kappa shape index (κ2) is 8.08. The van der Waals surface area contributed by atoms with Crippen molar-refractivity contribution in [3.8, 4) is 0 Å². The number of nitrogens with zero attached hydrogens (tertiary/aromatic N) is 3. The van der Waals surface area contributed by atoms with Gasteiger partial charge in [0.25, 0.3) is 0 Å². The average Bonchev–Trinajstić information content (AvgIpc) is 3.00. The van der Waals surface area contributed by atoms with Gasteiger partial charge in [-0.25, -0.2) is 4.98 Å². The summed E-state index contributed by atoms with van der Waals surface area (Å²) >= 11 is 0. The van der Waals surface area contributed by atoms with Crippen molar-refractivity contribution >= 4 is 5.57 Å². The molecular weight excluding hydrogens is 358 g/mol. The van der Waals surface area contributed by atoms with Crippen molar-refractivity contribution in [2.24, 2.45) is 0 Å². The molecule has 154 valence electrons. The first kappa shape index (κ1) is 19.1. The second-order valence-corrected chi connectivity index (χ2v) is 9.00. The molecular formula is C25H33N3O. The lowest BCUT2D eigenvalue weighted by Crippen LogP contribution is -2.35. The molecule has 1 atom stereocenters. The normalized spacial score (nSPS) is 23.2. The van der Waals surface area contributed by atoms with Gasteiger partial charge in [0.1, 0.15) is 11.9 Å². The molecule has 2 aliphatic heterocycles. The number of fused-ring (bicyclic) bond motifs is 2. The van der Waals surface area contributed by atoms with Gasteiger partial charge in [-0.15, -0.1) is 0 Å². The number of hydrogen-bond acceptors (Lipinski definition) is 3. The summed E-state index contributed by atoms with van der Waals surface area (Å²) < 4.78 is 9.29. The Balaban J connectivity index is 1.54. The number of rotatable bonds is 3. The van der Waals surface area contributed by atoms with Crippen molar-refractivity contribution in [2.75, 3.05) is 20.1 Å². The molecule has 1 saturated heterocycles. The molecule has 1 unspecified atom stereocenters. The Morgan fingerprint density at radius 1 is 1.03 bits per heavy atom. The molecule has 3 aliphatic rings. The van der Waals surface area contributed by atoms with E-state index in [9.17, 15) is 0 Å². The van der Waals surface area contributed by atoms with Gasteiger partial charge in [-0.05, 0) is 75.6 Å². The lowest BCUT2D eigenvalue weighted by Gasteiger charge is -2.32. The van der Waals surface area contributed by atoms with Gasteiger partial charge >= 0.3 is 0 Å². The summed E-state index contributed by atoms with van der Waals surface area (Å²) in [6, 6.07) is 8.84. The van der Waals surface area contributed by atoms with Crippen LogP contribution in [0.4, 0.5) is 0 Å². The van der Waals surface area contributed by atoms with Crippen molar-refractivity contribution in [1.29, 1.82) is 0 Å². The standard InChI is InChI=1S/C25H33N3O/c1-18-23(20-9-4-3-5-10-20)26-25-24(29-21-13-15-27(2)16-14-21)22-11-7-6-8-19(22)12-17-28(18)25/h6-9,11,21,24H,3-5,10,12-17H2,1-2H3. The monoisotopic (exact) mass is 391 g/mol. The number of aromatic nitrogens is 2. The minimum atomic E-state index is -0.0567. The fraction of sp³-hybridized carbons (Fsp3) is 0.560. The van der Waals surface area contributed by atoms with Crippen molar-refractivity contribution < 1.29 is 4.74 Å². The lowest BCUT2D eigenvalue weighted by atomic mass is 9.96. The van der Waals surface area contributed by atoms with E-state index in [0.717, 1.165) is 51.1 Å². The Morgan fingerprint density at radius 3 is 2.66 bits per heavy atom. The number of hydrogen-bond donors (Lipinski definition) is 0. The quantitative estimate of drug-likeness (QED) is 0.745. The highest BCUT2D eigenvalue weighted by molar-refractivity contribution is 5.65. The summed E-state index contributed by atoms with van der Waals surface area (Å²) in [5.41, 5.74) is 6.71. The van der Waals surface area contributed by atoms with Crippen molar-refractivity contribution in [1.82, 2.24) is 14.5 Å². The molecule has 4 heteroatoms. The highest BCUT2D eigenvalue weighted by Gasteiger charge is 2.32. The van der Waals surface area contributed by atoms with Crippen LogP contribution in [-0.4, -0.2) is 40.7 Å². The topological polar surface area (TPSA) is 30.3 Å². The molecule has 3 heterocycles. The Bertz CT molecular complexity index is 905. The lowest BCUT2D eigenvalue weighted by molar-refractivity contribution is -0.0276. The number of likely N-dealkylation sites (tertiary alicyclic amines) is 1. The third-order valence-electron chi connectivity index (χ3n) is 7.02. The number of imidazole rings is 1. The maximum atomic E-state index is 6.84. The van der Waals surface area contributed by atoms with E-state index in [1.807, 2.05) is 0 Å². The van der Waals surface area contributed by atoms with Crippen LogP contribution in [0.15, 0.2) is 30.3 Å². The van der Waals surface area contributed by atoms with Crippen LogP contribution >= 0.6 is 0 Å². The SMILES string of the molecule is Cc1c(C2=CCCCC2)nc2n1CCc1ccccc1C2OC1CCN(C)CC1. The third-order valence-corrected chi connectivity index (χ3v) is 7.02. The highest BCUT2D eigenvalue weighted by Crippen LogP contribution is 2.37. The Hall–Kier alpha value is -1.91. The maximum Gasteiger partial charge on any atom is 0.143 e. The van der Waals surface area contributed by atoms with Crippen LogP contribution in [0.3, 0.4) is 0 Å². The molecule has 1 aromatic heterocycles. The number of ether oxygens (including phenoxy) is 1. The molecule has 0 spiro atoms. The largest absolute Gasteiger partial charge is 0.362 e. The molecule has 0 bridgehead atoms. The van der Waals surface area contributed by atoms with Crippen LogP contribution in [0.25, 0.3) is 5.57 Å². The fourth-order valence-corrected chi connectivity index (χ4v) is 5.23. The van der Waals surface area contributed by atoms with E-state index in [-0.39, 0.29) is 6.10 Å². The molecule has 0 N–H and O–H groups in total. The van der Waals surface area contributed by atoms with Gasteiger partial charge in [-0.1, -0.05) is 30.3 Å². The predicted octanol–water partition coefficient (Wildman–Crippen LogP) is 4.91. The Labute approximate surface area is 174 Å². The second-order valence-electron chi connectivity index (χ2n) is 9.00. The first-order chi connectivity index (χ1) is 14.2. The molecule has 0 saturated carbocycles. The zero-order chi connectivity index (χ0) is 19.8. The highest BCUT2D eigenvalue weighted by atomic mass is 16.5. The summed E-state index contributed by atoms with van der Waals surface area (Å²) in [6.07, 6.45) is 10.9. The van der Waals surface area contributed by atoms with Gasteiger partial charge in [0.05, 0.1) is 11.8 Å². The first-order valence-corrected chi connectivity index (χ1v) is 11.4. The summed E-state index contributed by atoms with van der Waals surface area (Å²) in [6.45, 7) is 5.48. The van der Waals surface area contributed by atoms with Gasteiger partial charge in [0.2, 0.25) is 0 Å². The third kappa shape index (κ3) is 3.69. The summed E-state index contributed by atoms with van der Waals surface area (Å²) in [5.74, 6) is 1.12. The zero-order valence-corrected chi connectivity index (χ0v) is 17.9. The zero-order valence-electron chi connectivity index (χ0n) is 17.9. The first-order valence-electron chi connectivity index (χ1n) is 11.4. The predicted molar refractivity (Wildman–Crippen MR) is 117 cm³/mol. The van der Waals surface area contributed by atoms with E-state index in [0.29, 0.717) is 6.10 Å². The van der Waals surface area contributed by atoms with Crippen LogP contribution < -0.4 is 0 Å². The van der Waals surface area contributed by atoms with Crippen LogP contribution in [0.1, 0.15) is 73.0 Å². The number of benzene rings is 1. The van der Waals surface area contributed by atoms with E-state index in [1.54, 1.807) is 0 Å². The smallest absolute Gasteiger partial charge is 0.143 e. The number of piperidine rings is 1. The molecule has 5 rings (SSSR count). The molecule has 29 heavy (non-hydrogen) atoms. The van der Waals surface area contributed by atoms with Gasteiger partial charge in [0, 0.05) is 25.3 Å². The van der Waals surface area contributed by atoms with Gasteiger partial charge in [-0.2, -0.15) is 0 Å². The molecule has 0 radical (unpaired) electrons. The Kier molecular flexibility index (Phi) is 5.31. The van der Waals surface area contributed by atoms with Crippen LogP contribution in [0.5, 0.6) is 0 Å². The maximum absolute atomic E-state index is 6.84. The molecule has 2 aromatic rings. The van der Waals surface area contributed by atoms with E-state index in [1.165, 1.54) is 47.4 Å². The molecule has 1 aromatic carbocycles. The molecule has 4 nitrogen and oxygen atoms in total. The average molecular weight is 392 g/mol. The number of aryl methyl sites for hydroxylation is 1. The molecule has 1 fully saturated rings. The summed E-state index contributed by atoms with van der Waals surface area (Å²) in [4.78, 5) is 7.66. The molecule has 1 aliphatic carbocycles. The summed E-state index contributed by atoms with van der Waals surface area (Å²) in [7, 11) is 2.21. The van der Waals surface area contributed by atoms with Gasteiger partial charge in [-0.3, -0.25) is 0 Å². The Morgan fingerprint density at radius 2 is 1.86 bits per heavy atom. The molecule has 0 amide bonds. The van der Waals surface area contributed by atoms with E-state index in [4.69, 9.17) is 9.72 Å². The van der Waals surface area contributed by atoms with Crippen molar-refractivity contribution in [3.63, 3.8) is 0 Å². The van der Waals surface area contributed by atoms with E-state index < -0.39 is 0 Å². The van der Waals surface area contributed by atoms with E-state index in [2.05, 4.69) is 53.8 Å². The summed E-state index contributed by atoms with van der Waals surface area (Å²) in [5, 5.41) is 0. The fourth-order valence-electron chi connectivity index (χ4n) is 5.23. The number of allylic oxidation sites excluding steroid dienone is 2. The van der Waals surface area contributed by atoms with Gasteiger partial charge in [0.15, 0.2) is 0 Å². The van der Waals surface area contributed by atoms with Crippen LogP contribution in [0.2, 0.25) is 0 Å². The minimum Gasteiger partial charge on any atom is -0.362 e. The van der Waals surface area contributed by atoms with Crippen molar-refractivity contribution in [2.45, 2.75) is 70.6 Å². The minimum absolute atomic E-state index is 0.0567. The van der Waals surface area contributed by atoms with E-state index >= 15 is 0 Å². The van der Waals surface area contributed by atoms with Crippen LogP contribution in [-0.2, 0) is 17.7 Å². The van der Waals surface area contributed by atoms with Gasteiger partial charge < -0.3 is 14.2 Å². The van der Waals surface area contributed by atoms with Crippen LogP contribution in [0, 0.1) is 6.92 Å². The van der Waals surface area contributed by atoms with Crippen molar-refractivity contribution in [3.05, 3.63) is 58.7 Å².